The van der Waals surface area contributed by atoms with Crippen LogP contribution in [0.3, 0.4) is 0 Å². The van der Waals surface area contributed by atoms with E-state index >= 15 is 0 Å². The maximum absolute atomic E-state index is 11.5. The van der Waals surface area contributed by atoms with Gasteiger partial charge >= 0.3 is 5.97 Å². The summed E-state index contributed by atoms with van der Waals surface area (Å²) in [5, 5.41) is 17.6. The number of benzene rings is 1. The standard InChI is InChI=1S/C15H13NO2S2/c17-15(18)14(16-8-10-4-3-7-19-10)12-9-20-13-6-2-1-5-11(12)13/h1-7,9,14,16H,8H2,(H,17,18). The van der Waals surface area contributed by atoms with Gasteiger partial charge in [-0.2, -0.15) is 0 Å². The van der Waals surface area contributed by atoms with Gasteiger partial charge in [-0.1, -0.05) is 24.3 Å². The highest BCUT2D eigenvalue weighted by molar-refractivity contribution is 7.17. The highest BCUT2D eigenvalue weighted by Gasteiger charge is 2.22. The van der Waals surface area contributed by atoms with Crippen LogP contribution in [0.2, 0.25) is 0 Å². The summed E-state index contributed by atoms with van der Waals surface area (Å²) in [6.45, 7) is 0.568. The lowest BCUT2D eigenvalue weighted by molar-refractivity contribution is -0.139. The fourth-order valence-electron chi connectivity index (χ4n) is 2.17. The van der Waals surface area contributed by atoms with Crippen molar-refractivity contribution in [3.05, 3.63) is 57.6 Å². The number of fused-ring (bicyclic) bond motifs is 1. The number of rotatable bonds is 5. The molecule has 1 atom stereocenters. The molecule has 3 rings (SSSR count). The summed E-state index contributed by atoms with van der Waals surface area (Å²) in [6, 6.07) is 11.2. The van der Waals surface area contributed by atoms with Gasteiger partial charge in [0.25, 0.3) is 0 Å². The van der Waals surface area contributed by atoms with Gasteiger partial charge in [0.1, 0.15) is 6.04 Å². The smallest absolute Gasteiger partial charge is 0.325 e. The minimum atomic E-state index is -0.842. The Hall–Kier alpha value is -1.69. The molecule has 0 bridgehead atoms. The average molecular weight is 303 g/mol. The van der Waals surface area contributed by atoms with Gasteiger partial charge in [0, 0.05) is 16.1 Å². The molecule has 3 nitrogen and oxygen atoms in total. The first-order chi connectivity index (χ1) is 9.75. The van der Waals surface area contributed by atoms with E-state index in [0.29, 0.717) is 6.54 Å². The monoisotopic (exact) mass is 303 g/mol. The lowest BCUT2D eigenvalue weighted by Crippen LogP contribution is -2.27. The largest absolute Gasteiger partial charge is 0.480 e. The number of carboxylic acids is 1. The van der Waals surface area contributed by atoms with Crippen molar-refractivity contribution >= 4 is 38.7 Å². The molecule has 0 aliphatic heterocycles. The third kappa shape index (κ3) is 2.60. The summed E-state index contributed by atoms with van der Waals surface area (Å²) in [6.07, 6.45) is 0. The first-order valence-electron chi connectivity index (χ1n) is 6.20. The Bertz CT molecular complexity index is 718. The summed E-state index contributed by atoms with van der Waals surface area (Å²) >= 11 is 3.21. The fourth-order valence-corrected chi connectivity index (χ4v) is 3.81. The van der Waals surface area contributed by atoms with Crippen LogP contribution in [0.15, 0.2) is 47.2 Å². The van der Waals surface area contributed by atoms with E-state index in [4.69, 9.17) is 0 Å². The van der Waals surface area contributed by atoms with Crippen LogP contribution in [-0.4, -0.2) is 11.1 Å². The van der Waals surface area contributed by atoms with Crippen molar-refractivity contribution in [1.82, 2.24) is 5.32 Å². The van der Waals surface area contributed by atoms with Crippen LogP contribution in [0, 0.1) is 0 Å². The van der Waals surface area contributed by atoms with Gasteiger partial charge in [-0.25, -0.2) is 0 Å². The zero-order chi connectivity index (χ0) is 13.9. The van der Waals surface area contributed by atoms with Crippen LogP contribution in [0.4, 0.5) is 0 Å². The summed E-state index contributed by atoms with van der Waals surface area (Å²) in [5.74, 6) is -0.842. The molecule has 0 aliphatic rings. The molecule has 0 radical (unpaired) electrons. The molecule has 0 spiro atoms. The number of nitrogens with one attached hydrogen (secondary N) is 1. The summed E-state index contributed by atoms with van der Waals surface area (Å²) < 4.78 is 1.12. The van der Waals surface area contributed by atoms with E-state index in [1.165, 1.54) is 0 Å². The van der Waals surface area contributed by atoms with Gasteiger partial charge in [0.2, 0.25) is 0 Å². The van der Waals surface area contributed by atoms with Crippen molar-refractivity contribution in [3.8, 4) is 0 Å². The molecule has 0 saturated carbocycles. The van der Waals surface area contributed by atoms with Crippen LogP contribution in [0.25, 0.3) is 10.1 Å². The Morgan fingerprint density at radius 2 is 2.05 bits per heavy atom. The van der Waals surface area contributed by atoms with Crippen LogP contribution in [0.1, 0.15) is 16.5 Å². The molecule has 2 N–H and O–H groups in total. The number of hydrogen-bond donors (Lipinski definition) is 2. The van der Waals surface area contributed by atoms with E-state index in [9.17, 15) is 9.90 Å². The predicted octanol–water partition coefficient (Wildman–Crippen LogP) is 3.88. The minimum Gasteiger partial charge on any atom is -0.480 e. The van der Waals surface area contributed by atoms with Gasteiger partial charge < -0.3 is 5.11 Å². The van der Waals surface area contributed by atoms with Crippen LogP contribution >= 0.6 is 22.7 Å². The molecule has 2 heterocycles. The van der Waals surface area contributed by atoms with E-state index in [0.717, 1.165) is 20.5 Å². The highest BCUT2D eigenvalue weighted by Crippen LogP contribution is 2.30. The van der Waals surface area contributed by atoms with Gasteiger partial charge in [-0.15, -0.1) is 22.7 Å². The zero-order valence-corrected chi connectivity index (χ0v) is 12.2. The molecule has 2 aromatic heterocycles. The molecule has 20 heavy (non-hydrogen) atoms. The first kappa shape index (κ1) is 13.3. The second kappa shape index (κ2) is 5.75. The fraction of sp³-hybridized carbons (Fsp3) is 0.133. The number of aliphatic carboxylic acids is 1. The molecule has 0 amide bonds. The Morgan fingerprint density at radius 1 is 1.20 bits per heavy atom. The molecule has 1 aromatic carbocycles. The summed E-state index contributed by atoms with van der Waals surface area (Å²) in [7, 11) is 0. The Kier molecular flexibility index (Phi) is 3.82. The highest BCUT2D eigenvalue weighted by atomic mass is 32.1. The quantitative estimate of drug-likeness (QED) is 0.752. The third-order valence-corrected chi connectivity index (χ3v) is 4.99. The van der Waals surface area contributed by atoms with Crippen LogP contribution in [-0.2, 0) is 11.3 Å². The molecular formula is C15H13NO2S2. The average Bonchev–Trinajstić information content (AvgIpc) is 3.08. The van der Waals surface area contributed by atoms with E-state index in [1.54, 1.807) is 22.7 Å². The van der Waals surface area contributed by atoms with E-state index < -0.39 is 12.0 Å². The number of carbonyl (C=O) groups is 1. The van der Waals surface area contributed by atoms with Gasteiger partial charge in [0.05, 0.1) is 0 Å². The molecular weight excluding hydrogens is 290 g/mol. The maximum atomic E-state index is 11.5. The zero-order valence-electron chi connectivity index (χ0n) is 10.6. The molecule has 1 unspecified atom stereocenters. The minimum absolute atomic E-state index is 0.568. The number of thiophene rings is 2. The Balaban J connectivity index is 1.88. The molecule has 102 valence electrons. The molecule has 5 heteroatoms. The SMILES string of the molecule is O=C(O)C(NCc1cccs1)c1csc2ccccc12. The predicted molar refractivity (Wildman–Crippen MR) is 83.4 cm³/mol. The van der Waals surface area contributed by atoms with Gasteiger partial charge in [0.15, 0.2) is 0 Å². The molecule has 0 aliphatic carbocycles. The van der Waals surface area contributed by atoms with E-state index in [1.807, 2.05) is 47.2 Å². The van der Waals surface area contributed by atoms with Gasteiger partial charge in [-0.05, 0) is 33.8 Å². The third-order valence-electron chi connectivity index (χ3n) is 3.13. The van der Waals surface area contributed by atoms with E-state index in [-0.39, 0.29) is 0 Å². The second-order valence-corrected chi connectivity index (χ2v) is 6.36. The van der Waals surface area contributed by atoms with Crippen molar-refractivity contribution in [1.29, 1.82) is 0 Å². The van der Waals surface area contributed by atoms with Crippen molar-refractivity contribution in [2.45, 2.75) is 12.6 Å². The van der Waals surface area contributed by atoms with Crippen molar-refractivity contribution in [2.24, 2.45) is 0 Å². The van der Waals surface area contributed by atoms with Crippen LogP contribution < -0.4 is 5.32 Å². The Labute approximate surface area is 124 Å². The lowest BCUT2D eigenvalue weighted by atomic mass is 10.1. The number of hydrogen-bond acceptors (Lipinski definition) is 4. The number of carboxylic acid groups (broad SMARTS) is 1. The first-order valence-corrected chi connectivity index (χ1v) is 7.96. The van der Waals surface area contributed by atoms with Gasteiger partial charge in [-0.3, -0.25) is 10.1 Å². The van der Waals surface area contributed by atoms with Crippen molar-refractivity contribution in [2.75, 3.05) is 0 Å². The Morgan fingerprint density at radius 3 is 2.80 bits per heavy atom. The van der Waals surface area contributed by atoms with Crippen molar-refractivity contribution in [3.63, 3.8) is 0 Å². The normalized spacial score (nSPS) is 12.6. The maximum Gasteiger partial charge on any atom is 0.325 e. The van der Waals surface area contributed by atoms with Crippen molar-refractivity contribution < 1.29 is 9.90 Å². The lowest BCUT2D eigenvalue weighted by Gasteiger charge is -2.13. The molecule has 3 aromatic rings. The molecule has 0 fully saturated rings. The summed E-state index contributed by atoms with van der Waals surface area (Å²) in [4.78, 5) is 12.7. The molecule has 0 saturated heterocycles. The summed E-state index contributed by atoms with van der Waals surface area (Å²) in [5.41, 5.74) is 0.842. The van der Waals surface area contributed by atoms with Crippen LogP contribution in [0.5, 0.6) is 0 Å². The topological polar surface area (TPSA) is 49.3 Å². The second-order valence-electron chi connectivity index (χ2n) is 4.42. The van der Waals surface area contributed by atoms with E-state index in [2.05, 4.69) is 5.32 Å².